The molecule has 0 fully saturated rings. The number of amides is 1. The second kappa shape index (κ2) is 10.0. The van der Waals surface area contributed by atoms with E-state index < -0.39 is 0 Å². The monoisotopic (exact) mass is 406 g/mol. The first-order valence-electron chi connectivity index (χ1n) is 10.0. The molecule has 1 N–H and O–H groups in total. The lowest BCUT2D eigenvalue weighted by Gasteiger charge is -2.07. The molecule has 4 nitrogen and oxygen atoms in total. The topological polar surface area (TPSA) is 50.7 Å². The van der Waals surface area contributed by atoms with E-state index in [0.717, 1.165) is 21.9 Å². The Labute approximate surface area is 181 Å². The minimum absolute atomic E-state index is 0.119. The lowest BCUT2D eigenvalue weighted by molar-refractivity contribution is -0.123. The fourth-order valence-electron chi connectivity index (χ4n) is 3.11. The highest BCUT2D eigenvalue weighted by Crippen LogP contribution is 2.20. The maximum Gasteiger partial charge on any atom is 0.277 e. The smallest absolute Gasteiger partial charge is 0.277 e. The molecule has 4 heteroatoms. The van der Waals surface area contributed by atoms with Gasteiger partial charge in [0.25, 0.3) is 5.91 Å². The van der Waals surface area contributed by atoms with Crippen LogP contribution in [0, 0.1) is 0 Å². The maximum absolute atomic E-state index is 12.3. The molecule has 4 aromatic rings. The van der Waals surface area contributed by atoms with Crippen molar-refractivity contribution in [2.45, 2.75) is 0 Å². The Balaban J connectivity index is 1.43. The van der Waals surface area contributed by atoms with Gasteiger partial charge in [-0.3, -0.25) is 4.79 Å². The van der Waals surface area contributed by atoms with Gasteiger partial charge >= 0.3 is 0 Å². The molecule has 0 spiro atoms. The van der Waals surface area contributed by atoms with E-state index in [-0.39, 0.29) is 12.5 Å². The number of nitrogens with one attached hydrogen (secondary N) is 1. The zero-order valence-corrected chi connectivity index (χ0v) is 16.9. The number of benzene rings is 4. The van der Waals surface area contributed by atoms with E-state index in [4.69, 9.17) is 4.74 Å². The van der Waals surface area contributed by atoms with Crippen LogP contribution in [0.15, 0.2) is 114 Å². The minimum Gasteiger partial charge on any atom is -0.484 e. The number of carbonyl (C=O) groups excluding carboxylic acids is 1. The molecule has 0 atom stereocenters. The van der Waals surface area contributed by atoms with Crippen molar-refractivity contribution in [2.75, 3.05) is 6.61 Å². The van der Waals surface area contributed by atoms with Gasteiger partial charge in [0.1, 0.15) is 5.75 Å². The number of ether oxygens (including phenoxy) is 1. The number of hydrogen-bond donors (Lipinski definition) is 1. The van der Waals surface area contributed by atoms with Crippen LogP contribution in [0.3, 0.4) is 0 Å². The van der Waals surface area contributed by atoms with Crippen molar-refractivity contribution in [3.05, 3.63) is 120 Å². The maximum atomic E-state index is 12.3. The number of rotatable bonds is 7. The fraction of sp³-hybridized carbons (Fsp3) is 0.0370. The molecule has 0 bridgehead atoms. The second-order valence-corrected chi connectivity index (χ2v) is 6.94. The molecule has 0 heterocycles. The van der Waals surface area contributed by atoms with Gasteiger partial charge in [0.15, 0.2) is 6.61 Å². The SMILES string of the molecule is O=C(COc1ccc2ccccc2c1)N/N=C(\C=C\c1ccccc1)c1ccccc1. The van der Waals surface area contributed by atoms with Crippen LogP contribution in [0.1, 0.15) is 11.1 Å². The van der Waals surface area contributed by atoms with E-state index in [1.165, 1.54) is 0 Å². The first-order valence-corrected chi connectivity index (χ1v) is 10.0. The second-order valence-electron chi connectivity index (χ2n) is 6.94. The molecule has 0 aliphatic heterocycles. The molecule has 0 aliphatic carbocycles. The first-order chi connectivity index (χ1) is 15.3. The summed E-state index contributed by atoms with van der Waals surface area (Å²) in [7, 11) is 0. The quantitative estimate of drug-likeness (QED) is 0.328. The predicted octanol–water partition coefficient (Wildman–Crippen LogP) is 5.45. The van der Waals surface area contributed by atoms with Crippen molar-refractivity contribution in [3.8, 4) is 5.75 Å². The Morgan fingerprint density at radius 1 is 0.806 bits per heavy atom. The molecule has 4 aromatic carbocycles. The van der Waals surface area contributed by atoms with Gasteiger partial charge in [-0.1, -0.05) is 97.1 Å². The number of hydrogen-bond acceptors (Lipinski definition) is 3. The van der Waals surface area contributed by atoms with E-state index in [1.54, 1.807) is 0 Å². The van der Waals surface area contributed by atoms with E-state index in [9.17, 15) is 4.79 Å². The molecular weight excluding hydrogens is 384 g/mol. The molecule has 0 saturated carbocycles. The summed E-state index contributed by atoms with van der Waals surface area (Å²) in [5.41, 5.74) is 5.21. The molecule has 0 aliphatic rings. The first kappa shape index (κ1) is 20.1. The van der Waals surface area contributed by atoms with Gasteiger partial charge in [0.05, 0.1) is 5.71 Å². The van der Waals surface area contributed by atoms with Crippen LogP contribution >= 0.6 is 0 Å². The van der Waals surface area contributed by atoms with Crippen LogP contribution in [0.4, 0.5) is 0 Å². The Bertz CT molecular complexity index is 1220. The van der Waals surface area contributed by atoms with Gasteiger partial charge in [-0.25, -0.2) is 5.43 Å². The molecule has 152 valence electrons. The van der Waals surface area contributed by atoms with Crippen molar-refractivity contribution in [1.82, 2.24) is 5.43 Å². The third kappa shape index (κ3) is 5.67. The van der Waals surface area contributed by atoms with Gasteiger partial charge in [-0.2, -0.15) is 5.10 Å². The van der Waals surface area contributed by atoms with E-state index in [1.807, 2.05) is 115 Å². The number of carbonyl (C=O) groups is 1. The summed E-state index contributed by atoms with van der Waals surface area (Å²) in [6, 6.07) is 33.4. The fourth-order valence-corrected chi connectivity index (χ4v) is 3.11. The third-order valence-corrected chi connectivity index (χ3v) is 4.69. The number of hydrazone groups is 1. The highest BCUT2D eigenvalue weighted by Gasteiger charge is 2.05. The van der Waals surface area contributed by atoms with Gasteiger partial charge < -0.3 is 4.74 Å². The Morgan fingerprint density at radius 2 is 1.48 bits per heavy atom. The zero-order valence-electron chi connectivity index (χ0n) is 16.9. The van der Waals surface area contributed by atoms with Crippen LogP contribution in [0.5, 0.6) is 5.75 Å². The summed E-state index contributed by atoms with van der Waals surface area (Å²) in [6.07, 6.45) is 3.85. The number of nitrogens with zero attached hydrogens (tertiary/aromatic N) is 1. The van der Waals surface area contributed by atoms with E-state index in [2.05, 4.69) is 10.5 Å². The summed E-state index contributed by atoms with van der Waals surface area (Å²) < 4.78 is 5.64. The number of fused-ring (bicyclic) bond motifs is 1. The molecule has 4 rings (SSSR count). The third-order valence-electron chi connectivity index (χ3n) is 4.69. The zero-order chi connectivity index (χ0) is 21.3. The standard InChI is InChI=1S/C27H22N2O2/c30-27(20-31-25-17-16-22-11-7-8-14-24(22)19-25)29-28-26(23-12-5-2-6-13-23)18-15-21-9-3-1-4-10-21/h1-19H,20H2,(H,29,30)/b18-15+,28-26+. The highest BCUT2D eigenvalue weighted by molar-refractivity contribution is 6.11. The normalized spacial score (nSPS) is 11.5. The van der Waals surface area contributed by atoms with Gasteiger partial charge in [-0.05, 0) is 34.5 Å². The Hall–Kier alpha value is -4.18. The van der Waals surface area contributed by atoms with Crippen LogP contribution in [-0.2, 0) is 4.79 Å². The van der Waals surface area contributed by atoms with Crippen molar-refractivity contribution >= 4 is 28.5 Å². The average molecular weight is 406 g/mol. The predicted molar refractivity (Wildman–Crippen MR) is 126 cm³/mol. The van der Waals surface area contributed by atoms with Crippen LogP contribution in [0.25, 0.3) is 16.8 Å². The van der Waals surface area contributed by atoms with Crippen LogP contribution < -0.4 is 10.2 Å². The molecule has 0 radical (unpaired) electrons. The highest BCUT2D eigenvalue weighted by atomic mass is 16.5. The van der Waals surface area contributed by atoms with E-state index >= 15 is 0 Å². The minimum atomic E-state index is -0.324. The van der Waals surface area contributed by atoms with Crippen molar-refractivity contribution in [2.24, 2.45) is 5.10 Å². The summed E-state index contributed by atoms with van der Waals surface area (Å²) in [5, 5.41) is 6.51. The number of allylic oxidation sites excluding steroid dienone is 1. The molecular formula is C27H22N2O2. The molecule has 0 aromatic heterocycles. The van der Waals surface area contributed by atoms with Gasteiger partial charge in [0.2, 0.25) is 0 Å². The van der Waals surface area contributed by atoms with Gasteiger partial charge in [0, 0.05) is 5.56 Å². The molecule has 31 heavy (non-hydrogen) atoms. The summed E-state index contributed by atoms with van der Waals surface area (Å²) >= 11 is 0. The van der Waals surface area contributed by atoms with Crippen LogP contribution in [0.2, 0.25) is 0 Å². The summed E-state index contributed by atoms with van der Waals surface area (Å²) in [5.74, 6) is 0.319. The lowest BCUT2D eigenvalue weighted by atomic mass is 10.1. The largest absolute Gasteiger partial charge is 0.484 e. The summed E-state index contributed by atoms with van der Waals surface area (Å²) in [6.45, 7) is -0.119. The Morgan fingerprint density at radius 3 is 2.26 bits per heavy atom. The molecule has 0 unspecified atom stereocenters. The molecule has 0 saturated heterocycles. The van der Waals surface area contributed by atoms with Crippen molar-refractivity contribution in [1.29, 1.82) is 0 Å². The Kier molecular flexibility index (Phi) is 6.51. The van der Waals surface area contributed by atoms with Crippen molar-refractivity contribution < 1.29 is 9.53 Å². The molecule has 1 amide bonds. The van der Waals surface area contributed by atoms with E-state index in [0.29, 0.717) is 11.5 Å². The summed E-state index contributed by atoms with van der Waals surface area (Å²) in [4.78, 5) is 12.3. The average Bonchev–Trinajstić information content (AvgIpc) is 2.84. The van der Waals surface area contributed by atoms with Crippen LogP contribution in [-0.4, -0.2) is 18.2 Å². The van der Waals surface area contributed by atoms with Gasteiger partial charge in [-0.15, -0.1) is 0 Å². The lowest BCUT2D eigenvalue weighted by Crippen LogP contribution is -2.25. The van der Waals surface area contributed by atoms with Crippen molar-refractivity contribution in [3.63, 3.8) is 0 Å².